The lowest BCUT2D eigenvalue weighted by Gasteiger charge is -2.33. The first-order chi connectivity index (χ1) is 11.1. The summed E-state index contributed by atoms with van der Waals surface area (Å²) < 4.78 is 2.28. The molecule has 0 bridgehead atoms. The van der Waals surface area contributed by atoms with Crippen molar-refractivity contribution < 1.29 is 4.79 Å². The number of aromatic nitrogens is 2. The quantitative estimate of drug-likeness (QED) is 0.871. The van der Waals surface area contributed by atoms with E-state index in [1.54, 1.807) is 0 Å². The van der Waals surface area contributed by atoms with Crippen LogP contribution in [0.5, 0.6) is 0 Å². The second-order valence-corrected chi connectivity index (χ2v) is 7.07. The molecule has 2 aliphatic rings. The number of nitrogens with zero attached hydrogens (tertiary/aromatic N) is 4. The number of imidazole rings is 1. The van der Waals surface area contributed by atoms with E-state index >= 15 is 0 Å². The van der Waals surface area contributed by atoms with Crippen LogP contribution in [-0.2, 0) is 11.3 Å². The summed E-state index contributed by atoms with van der Waals surface area (Å²) in [6, 6.07) is 0. The van der Waals surface area contributed by atoms with Gasteiger partial charge >= 0.3 is 0 Å². The van der Waals surface area contributed by atoms with Crippen LogP contribution in [-0.4, -0.2) is 72.1 Å². The average Bonchev–Trinajstić information content (AvgIpc) is 3.24. The molecule has 6 nitrogen and oxygen atoms in total. The van der Waals surface area contributed by atoms with Crippen molar-refractivity contribution in [1.82, 2.24) is 24.7 Å². The third kappa shape index (κ3) is 3.93. The summed E-state index contributed by atoms with van der Waals surface area (Å²) in [5.74, 6) is 2.23. The van der Waals surface area contributed by atoms with Gasteiger partial charge in [-0.25, -0.2) is 4.98 Å². The number of amides is 1. The van der Waals surface area contributed by atoms with Crippen molar-refractivity contribution in [3.05, 3.63) is 18.2 Å². The number of piperidine rings is 1. The summed E-state index contributed by atoms with van der Waals surface area (Å²) in [6.45, 7) is 5.59. The normalized spacial score (nSPS) is 22.9. The van der Waals surface area contributed by atoms with Gasteiger partial charge in [0, 0.05) is 51.0 Å². The Kier molecular flexibility index (Phi) is 5.33. The molecule has 0 aromatic carbocycles. The molecule has 23 heavy (non-hydrogen) atoms. The molecule has 1 aromatic rings. The van der Waals surface area contributed by atoms with E-state index in [0.29, 0.717) is 11.8 Å². The Morgan fingerprint density at radius 3 is 2.78 bits per heavy atom. The Morgan fingerprint density at radius 2 is 2.13 bits per heavy atom. The molecule has 0 radical (unpaired) electrons. The molecule has 0 aliphatic carbocycles. The van der Waals surface area contributed by atoms with Crippen LogP contribution in [0.25, 0.3) is 0 Å². The largest absolute Gasteiger partial charge is 0.342 e. The molecule has 128 valence electrons. The topological polar surface area (TPSA) is 53.4 Å². The minimum atomic E-state index is 0.202. The predicted octanol–water partition coefficient (Wildman–Crippen LogP) is 0.760. The maximum absolute atomic E-state index is 12.5. The summed E-state index contributed by atoms with van der Waals surface area (Å²) in [5.41, 5.74) is 0. The Morgan fingerprint density at radius 1 is 1.35 bits per heavy atom. The standard InChI is InChI=1S/C17H29N5O/c1-20(2)11-12-21-10-7-19-16(21)14-4-8-22(9-5-14)17(23)15-3-6-18-13-15/h7,10,14-15,18H,3-6,8-9,11-13H2,1-2H3/t15-/m1/s1. The van der Waals surface area contributed by atoms with Crippen LogP contribution in [0.2, 0.25) is 0 Å². The minimum absolute atomic E-state index is 0.202. The first kappa shape index (κ1) is 16.5. The van der Waals surface area contributed by atoms with E-state index in [1.165, 1.54) is 5.82 Å². The van der Waals surface area contributed by atoms with E-state index in [2.05, 4.69) is 45.0 Å². The molecule has 2 fully saturated rings. The van der Waals surface area contributed by atoms with Crippen LogP contribution < -0.4 is 5.32 Å². The fraction of sp³-hybridized carbons (Fsp3) is 0.765. The van der Waals surface area contributed by atoms with E-state index < -0.39 is 0 Å². The maximum Gasteiger partial charge on any atom is 0.227 e. The highest BCUT2D eigenvalue weighted by Gasteiger charge is 2.31. The number of likely N-dealkylation sites (N-methyl/N-ethyl adjacent to an activating group) is 1. The van der Waals surface area contributed by atoms with Gasteiger partial charge in [-0.2, -0.15) is 0 Å². The molecule has 2 aliphatic heterocycles. The zero-order chi connectivity index (χ0) is 16.2. The van der Waals surface area contributed by atoms with Crippen molar-refractivity contribution >= 4 is 5.91 Å². The highest BCUT2D eigenvalue weighted by atomic mass is 16.2. The van der Waals surface area contributed by atoms with Crippen LogP contribution in [0.4, 0.5) is 0 Å². The second kappa shape index (κ2) is 7.45. The van der Waals surface area contributed by atoms with Crippen molar-refractivity contribution in [3.8, 4) is 0 Å². The molecule has 6 heteroatoms. The predicted molar refractivity (Wildman–Crippen MR) is 90.3 cm³/mol. The summed E-state index contributed by atoms with van der Waals surface area (Å²) in [7, 11) is 4.19. The van der Waals surface area contributed by atoms with Crippen LogP contribution in [0.1, 0.15) is 31.0 Å². The highest BCUT2D eigenvalue weighted by molar-refractivity contribution is 5.79. The van der Waals surface area contributed by atoms with Gasteiger partial charge in [-0.1, -0.05) is 0 Å². The smallest absolute Gasteiger partial charge is 0.227 e. The zero-order valence-corrected chi connectivity index (χ0v) is 14.4. The van der Waals surface area contributed by atoms with Crippen molar-refractivity contribution in [2.75, 3.05) is 46.8 Å². The molecule has 1 amide bonds. The Labute approximate surface area is 138 Å². The van der Waals surface area contributed by atoms with E-state index in [-0.39, 0.29) is 5.92 Å². The van der Waals surface area contributed by atoms with E-state index in [1.807, 2.05) is 6.20 Å². The third-order valence-corrected chi connectivity index (χ3v) is 5.12. The van der Waals surface area contributed by atoms with Gasteiger partial charge in [-0.05, 0) is 39.9 Å². The zero-order valence-electron chi connectivity index (χ0n) is 14.4. The van der Waals surface area contributed by atoms with Crippen LogP contribution in [0.15, 0.2) is 12.4 Å². The number of carbonyl (C=O) groups is 1. The Bertz CT molecular complexity index is 513. The van der Waals surface area contributed by atoms with Gasteiger partial charge in [-0.15, -0.1) is 0 Å². The van der Waals surface area contributed by atoms with Crippen LogP contribution in [0.3, 0.4) is 0 Å². The lowest BCUT2D eigenvalue weighted by atomic mass is 9.94. The van der Waals surface area contributed by atoms with E-state index in [0.717, 1.165) is 58.5 Å². The molecule has 0 spiro atoms. The summed E-state index contributed by atoms with van der Waals surface area (Å²) in [5, 5.41) is 3.29. The molecule has 0 saturated carbocycles. The number of likely N-dealkylation sites (tertiary alicyclic amines) is 1. The molecule has 0 unspecified atom stereocenters. The molecule has 3 rings (SSSR count). The molecular weight excluding hydrogens is 290 g/mol. The molecule has 1 aromatic heterocycles. The average molecular weight is 319 g/mol. The maximum atomic E-state index is 12.5. The SMILES string of the molecule is CN(C)CCn1ccnc1C1CCN(C(=O)[C@@H]2CCNC2)CC1. The van der Waals surface area contributed by atoms with Gasteiger partial charge in [0.2, 0.25) is 5.91 Å². The summed E-state index contributed by atoms with van der Waals surface area (Å²) in [6.07, 6.45) is 7.05. The molecule has 3 heterocycles. The number of hydrogen-bond donors (Lipinski definition) is 1. The lowest BCUT2D eigenvalue weighted by Crippen LogP contribution is -2.42. The molecule has 1 N–H and O–H groups in total. The van der Waals surface area contributed by atoms with Crippen LogP contribution >= 0.6 is 0 Å². The van der Waals surface area contributed by atoms with Gasteiger partial charge in [0.15, 0.2) is 0 Å². The molecule has 2 saturated heterocycles. The van der Waals surface area contributed by atoms with E-state index in [9.17, 15) is 4.79 Å². The second-order valence-electron chi connectivity index (χ2n) is 7.07. The molecule has 1 atom stereocenters. The number of rotatable bonds is 5. The Balaban J connectivity index is 1.54. The third-order valence-electron chi connectivity index (χ3n) is 5.12. The molecular formula is C17H29N5O. The number of carbonyl (C=O) groups excluding carboxylic acids is 1. The van der Waals surface area contributed by atoms with Gasteiger partial charge < -0.3 is 19.7 Å². The van der Waals surface area contributed by atoms with Crippen LogP contribution in [0, 0.1) is 5.92 Å². The van der Waals surface area contributed by atoms with Gasteiger partial charge in [0.25, 0.3) is 0 Å². The van der Waals surface area contributed by atoms with E-state index in [4.69, 9.17) is 0 Å². The van der Waals surface area contributed by atoms with Gasteiger partial charge in [0.1, 0.15) is 5.82 Å². The first-order valence-corrected chi connectivity index (χ1v) is 8.80. The summed E-state index contributed by atoms with van der Waals surface area (Å²) >= 11 is 0. The van der Waals surface area contributed by atoms with Crippen molar-refractivity contribution in [2.45, 2.75) is 31.7 Å². The minimum Gasteiger partial charge on any atom is -0.342 e. The monoisotopic (exact) mass is 319 g/mol. The van der Waals surface area contributed by atoms with Crippen molar-refractivity contribution in [1.29, 1.82) is 0 Å². The fourth-order valence-electron chi connectivity index (χ4n) is 3.66. The van der Waals surface area contributed by atoms with Gasteiger partial charge in [-0.3, -0.25) is 4.79 Å². The van der Waals surface area contributed by atoms with Crippen molar-refractivity contribution in [2.24, 2.45) is 5.92 Å². The first-order valence-electron chi connectivity index (χ1n) is 8.80. The Hall–Kier alpha value is -1.40. The summed E-state index contributed by atoms with van der Waals surface area (Å²) in [4.78, 5) is 21.4. The number of nitrogens with one attached hydrogen (secondary N) is 1. The fourth-order valence-corrected chi connectivity index (χ4v) is 3.66. The van der Waals surface area contributed by atoms with Gasteiger partial charge in [0.05, 0.1) is 5.92 Å². The number of hydrogen-bond acceptors (Lipinski definition) is 4. The van der Waals surface area contributed by atoms with Crippen molar-refractivity contribution in [3.63, 3.8) is 0 Å². The highest BCUT2D eigenvalue weighted by Crippen LogP contribution is 2.28. The lowest BCUT2D eigenvalue weighted by molar-refractivity contribution is -0.136.